The van der Waals surface area contributed by atoms with Crippen molar-refractivity contribution in [1.82, 2.24) is 0 Å². The van der Waals surface area contributed by atoms with Crippen LogP contribution in [0, 0.1) is 0 Å². The molecule has 0 saturated heterocycles. The number of amides is 1. The van der Waals surface area contributed by atoms with E-state index in [0.717, 1.165) is 0 Å². The van der Waals surface area contributed by atoms with Crippen LogP contribution >= 0.6 is 0 Å². The SMILES string of the molecule is CC(=O)Nc1ccc(C(=O)c2ccc(OS(=O)(=O)O)cc2)cc1. The van der Waals surface area contributed by atoms with Crippen molar-refractivity contribution >= 4 is 27.8 Å². The number of benzene rings is 2. The first-order valence-corrected chi connectivity index (χ1v) is 7.80. The third-order valence-corrected chi connectivity index (χ3v) is 3.19. The third-order valence-electron chi connectivity index (χ3n) is 2.79. The van der Waals surface area contributed by atoms with Crippen molar-refractivity contribution in [2.45, 2.75) is 6.92 Å². The van der Waals surface area contributed by atoms with E-state index in [1.54, 1.807) is 24.3 Å². The van der Waals surface area contributed by atoms with E-state index >= 15 is 0 Å². The Morgan fingerprint density at radius 3 is 1.87 bits per heavy atom. The first kappa shape index (κ1) is 16.7. The van der Waals surface area contributed by atoms with Gasteiger partial charge in [0, 0.05) is 23.7 Å². The lowest BCUT2D eigenvalue weighted by Gasteiger charge is -2.05. The maximum atomic E-state index is 12.3. The number of ketones is 1. The predicted octanol–water partition coefficient (Wildman–Crippen LogP) is 2.06. The van der Waals surface area contributed by atoms with Gasteiger partial charge in [0.25, 0.3) is 0 Å². The van der Waals surface area contributed by atoms with Crippen molar-refractivity contribution in [3.05, 3.63) is 59.7 Å². The molecule has 0 aliphatic carbocycles. The average Bonchev–Trinajstić information content (AvgIpc) is 2.46. The zero-order valence-electron chi connectivity index (χ0n) is 12.0. The van der Waals surface area contributed by atoms with Crippen LogP contribution in [0.25, 0.3) is 0 Å². The molecule has 2 rings (SSSR count). The minimum atomic E-state index is -4.60. The van der Waals surface area contributed by atoms with Gasteiger partial charge >= 0.3 is 10.4 Å². The van der Waals surface area contributed by atoms with Crippen LogP contribution in [0.2, 0.25) is 0 Å². The minimum Gasteiger partial charge on any atom is -0.362 e. The molecule has 0 radical (unpaired) electrons. The van der Waals surface area contributed by atoms with Crippen LogP contribution < -0.4 is 9.50 Å². The summed E-state index contributed by atoms with van der Waals surface area (Å²) in [5.41, 5.74) is 1.30. The topological polar surface area (TPSA) is 110 Å². The molecule has 0 fully saturated rings. The summed E-state index contributed by atoms with van der Waals surface area (Å²) in [6.07, 6.45) is 0. The number of hydrogen-bond acceptors (Lipinski definition) is 5. The zero-order chi connectivity index (χ0) is 17.0. The van der Waals surface area contributed by atoms with Crippen molar-refractivity contribution in [2.24, 2.45) is 0 Å². The Kier molecular flexibility index (Phi) is 4.77. The fraction of sp³-hybridized carbons (Fsp3) is 0.0667. The maximum Gasteiger partial charge on any atom is 0.446 e. The fourth-order valence-corrected chi connectivity index (χ4v) is 2.21. The molecule has 0 saturated carbocycles. The second-order valence-corrected chi connectivity index (χ2v) is 5.65. The van der Waals surface area contributed by atoms with Crippen LogP contribution in [-0.2, 0) is 15.2 Å². The van der Waals surface area contributed by atoms with E-state index < -0.39 is 10.4 Å². The second-order valence-electron chi connectivity index (χ2n) is 4.62. The molecule has 0 aliphatic heterocycles. The Labute approximate surface area is 132 Å². The van der Waals surface area contributed by atoms with E-state index in [1.807, 2.05) is 0 Å². The lowest BCUT2D eigenvalue weighted by atomic mass is 10.0. The maximum absolute atomic E-state index is 12.3. The first-order valence-electron chi connectivity index (χ1n) is 6.44. The minimum absolute atomic E-state index is 0.106. The van der Waals surface area contributed by atoms with Crippen molar-refractivity contribution in [2.75, 3.05) is 5.32 Å². The van der Waals surface area contributed by atoms with Gasteiger partial charge in [-0.1, -0.05) is 0 Å². The fourth-order valence-electron chi connectivity index (χ4n) is 1.86. The molecule has 1 amide bonds. The number of anilines is 1. The van der Waals surface area contributed by atoms with Gasteiger partial charge in [0.05, 0.1) is 0 Å². The van der Waals surface area contributed by atoms with Crippen LogP contribution in [0.3, 0.4) is 0 Å². The van der Waals surface area contributed by atoms with E-state index in [1.165, 1.54) is 31.2 Å². The predicted molar refractivity (Wildman–Crippen MR) is 82.8 cm³/mol. The molecular weight excluding hydrogens is 322 g/mol. The van der Waals surface area contributed by atoms with Crippen LogP contribution in [0.4, 0.5) is 5.69 Å². The van der Waals surface area contributed by atoms with Crippen molar-refractivity contribution < 1.29 is 26.7 Å². The lowest BCUT2D eigenvalue weighted by Crippen LogP contribution is -2.07. The molecule has 120 valence electrons. The van der Waals surface area contributed by atoms with Gasteiger partial charge in [0.15, 0.2) is 5.78 Å². The molecule has 0 spiro atoms. The summed E-state index contributed by atoms with van der Waals surface area (Å²) < 4.78 is 34.0. The highest BCUT2D eigenvalue weighted by Gasteiger charge is 2.11. The van der Waals surface area contributed by atoms with Gasteiger partial charge in [0.2, 0.25) is 5.91 Å². The molecule has 23 heavy (non-hydrogen) atoms. The summed E-state index contributed by atoms with van der Waals surface area (Å²) in [4.78, 5) is 23.2. The standard InChI is InChI=1S/C15H13NO6S/c1-10(17)16-13-6-2-11(3-7-13)15(18)12-4-8-14(9-5-12)22-23(19,20)21/h2-9H,1H3,(H,16,17)(H,19,20,21). The summed E-state index contributed by atoms with van der Waals surface area (Å²) in [5.74, 6) is -0.596. The highest BCUT2D eigenvalue weighted by Crippen LogP contribution is 2.18. The summed E-state index contributed by atoms with van der Waals surface area (Å²) in [6, 6.07) is 11.6. The Morgan fingerprint density at radius 2 is 1.43 bits per heavy atom. The van der Waals surface area contributed by atoms with E-state index in [-0.39, 0.29) is 17.4 Å². The van der Waals surface area contributed by atoms with Gasteiger partial charge in [-0.3, -0.25) is 14.1 Å². The van der Waals surface area contributed by atoms with Crippen LogP contribution in [0.1, 0.15) is 22.8 Å². The Hall–Kier alpha value is -2.71. The van der Waals surface area contributed by atoms with E-state index in [9.17, 15) is 18.0 Å². The molecule has 2 aromatic carbocycles. The molecule has 2 aromatic rings. The zero-order valence-corrected chi connectivity index (χ0v) is 12.8. The highest BCUT2D eigenvalue weighted by molar-refractivity contribution is 7.81. The third kappa shape index (κ3) is 4.90. The van der Waals surface area contributed by atoms with Gasteiger partial charge < -0.3 is 9.50 Å². The largest absolute Gasteiger partial charge is 0.446 e. The lowest BCUT2D eigenvalue weighted by molar-refractivity contribution is -0.114. The van der Waals surface area contributed by atoms with Gasteiger partial charge in [-0.2, -0.15) is 8.42 Å². The normalized spacial score (nSPS) is 10.9. The number of carbonyl (C=O) groups is 2. The number of carbonyl (C=O) groups excluding carboxylic acids is 2. The first-order chi connectivity index (χ1) is 10.7. The van der Waals surface area contributed by atoms with Crippen LogP contribution in [0.15, 0.2) is 48.5 Å². The van der Waals surface area contributed by atoms with Gasteiger partial charge in [-0.15, -0.1) is 0 Å². The van der Waals surface area contributed by atoms with Gasteiger partial charge in [-0.25, -0.2) is 0 Å². The summed E-state index contributed by atoms with van der Waals surface area (Å²) in [5, 5.41) is 2.59. The Balaban J connectivity index is 2.15. The highest BCUT2D eigenvalue weighted by atomic mass is 32.3. The van der Waals surface area contributed by atoms with E-state index in [0.29, 0.717) is 16.8 Å². The van der Waals surface area contributed by atoms with Gasteiger partial charge in [-0.05, 0) is 48.5 Å². The number of rotatable bonds is 5. The van der Waals surface area contributed by atoms with Gasteiger partial charge in [0.1, 0.15) is 5.75 Å². The molecule has 8 heteroatoms. The molecule has 0 heterocycles. The molecule has 0 bridgehead atoms. The van der Waals surface area contributed by atoms with Crippen molar-refractivity contribution in [1.29, 1.82) is 0 Å². The van der Waals surface area contributed by atoms with Crippen molar-refractivity contribution in [3.63, 3.8) is 0 Å². The number of nitrogens with one attached hydrogen (secondary N) is 1. The molecule has 2 N–H and O–H groups in total. The second kappa shape index (κ2) is 6.59. The number of hydrogen-bond donors (Lipinski definition) is 2. The summed E-state index contributed by atoms with van der Waals surface area (Å²) >= 11 is 0. The summed E-state index contributed by atoms with van der Waals surface area (Å²) in [6.45, 7) is 1.38. The average molecular weight is 335 g/mol. The summed E-state index contributed by atoms with van der Waals surface area (Å²) in [7, 11) is -4.60. The van der Waals surface area contributed by atoms with E-state index in [2.05, 4.69) is 9.50 Å². The van der Waals surface area contributed by atoms with Crippen LogP contribution in [-0.4, -0.2) is 24.7 Å². The monoisotopic (exact) mass is 335 g/mol. The Morgan fingerprint density at radius 1 is 0.957 bits per heavy atom. The molecule has 0 atom stereocenters. The van der Waals surface area contributed by atoms with Crippen LogP contribution in [0.5, 0.6) is 5.75 Å². The Bertz CT molecular complexity index is 825. The smallest absolute Gasteiger partial charge is 0.362 e. The molecule has 7 nitrogen and oxygen atoms in total. The molecular formula is C15H13NO6S. The quantitative estimate of drug-likeness (QED) is 0.639. The molecule has 0 aromatic heterocycles. The van der Waals surface area contributed by atoms with E-state index in [4.69, 9.17) is 4.55 Å². The van der Waals surface area contributed by atoms with Crippen molar-refractivity contribution in [3.8, 4) is 5.75 Å². The molecule has 0 aliphatic rings. The molecule has 0 unspecified atom stereocenters.